The number of thioether (sulfide) groups is 1. The summed E-state index contributed by atoms with van der Waals surface area (Å²) >= 11 is 2.53. The molecule has 0 aliphatic carbocycles. The number of sulfone groups is 1. The maximum atomic E-state index is 13.5. The van der Waals surface area contributed by atoms with E-state index in [1.54, 1.807) is 30.5 Å². The SMILES string of the molecule is CSc1sc(C(=N)N)cc1S(=O)(=O)c1ccccc1-c1cc2ccccc2o1.O=C(O)C(F)(F)F. The summed E-state index contributed by atoms with van der Waals surface area (Å²) in [6.45, 7) is 0. The molecule has 0 fully saturated rings. The first-order valence-corrected chi connectivity index (χ1v) is 13.0. The highest BCUT2D eigenvalue weighted by Gasteiger charge is 2.38. The molecule has 0 saturated carbocycles. The van der Waals surface area contributed by atoms with Crippen LogP contribution in [0, 0.1) is 5.41 Å². The minimum absolute atomic E-state index is 0.146. The normalized spacial score (nSPS) is 11.7. The molecule has 0 aliphatic rings. The molecule has 184 valence electrons. The van der Waals surface area contributed by atoms with Gasteiger partial charge in [0.2, 0.25) is 9.84 Å². The molecule has 2 aromatic heterocycles. The fourth-order valence-corrected chi connectivity index (χ4v) is 7.02. The Balaban J connectivity index is 0.000000429. The summed E-state index contributed by atoms with van der Waals surface area (Å²) in [5, 5.41) is 15.7. The maximum absolute atomic E-state index is 13.5. The lowest BCUT2D eigenvalue weighted by Crippen LogP contribution is -2.21. The number of furan rings is 1. The van der Waals surface area contributed by atoms with E-state index in [9.17, 15) is 21.6 Å². The number of halogens is 3. The number of aliphatic carboxylic acids is 1. The van der Waals surface area contributed by atoms with Crippen molar-refractivity contribution in [2.24, 2.45) is 5.73 Å². The number of carbonyl (C=O) groups is 1. The number of nitrogens with one attached hydrogen (secondary N) is 1. The van der Waals surface area contributed by atoms with E-state index in [0.29, 0.717) is 26.0 Å². The molecular formula is C22H17F3N2O5S3. The highest BCUT2D eigenvalue weighted by Crippen LogP contribution is 2.40. The van der Waals surface area contributed by atoms with Crippen molar-refractivity contribution in [1.29, 1.82) is 5.41 Å². The molecule has 0 aliphatic heterocycles. The predicted molar refractivity (Wildman–Crippen MR) is 128 cm³/mol. The molecule has 0 bridgehead atoms. The van der Waals surface area contributed by atoms with E-state index < -0.39 is 22.0 Å². The first-order chi connectivity index (χ1) is 16.4. The van der Waals surface area contributed by atoms with Crippen molar-refractivity contribution in [3.05, 3.63) is 65.5 Å². The Morgan fingerprint density at radius 3 is 2.26 bits per heavy atom. The zero-order valence-corrected chi connectivity index (χ0v) is 20.2. The number of benzene rings is 2. The smallest absolute Gasteiger partial charge is 0.475 e. The molecule has 4 rings (SSSR count). The Hall–Kier alpha value is -3.29. The number of nitrogens with two attached hydrogens (primary N) is 1. The second-order valence-electron chi connectivity index (χ2n) is 6.83. The summed E-state index contributed by atoms with van der Waals surface area (Å²) in [4.78, 5) is 9.66. The third-order valence-corrected chi connectivity index (χ3v) is 8.91. The molecule has 4 aromatic rings. The van der Waals surface area contributed by atoms with Crippen molar-refractivity contribution < 1.29 is 35.9 Å². The van der Waals surface area contributed by atoms with Gasteiger partial charge in [-0.3, -0.25) is 5.41 Å². The number of carboxylic acids is 1. The van der Waals surface area contributed by atoms with Crippen LogP contribution in [0.5, 0.6) is 0 Å². The van der Waals surface area contributed by atoms with E-state index in [0.717, 1.165) is 5.39 Å². The van der Waals surface area contributed by atoms with Crippen molar-refractivity contribution in [3.8, 4) is 11.3 Å². The van der Waals surface area contributed by atoms with Gasteiger partial charge in [-0.25, -0.2) is 13.2 Å². The molecule has 0 amide bonds. The monoisotopic (exact) mass is 542 g/mol. The van der Waals surface area contributed by atoms with Crippen LogP contribution in [-0.2, 0) is 14.6 Å². The number of alkyl halides is 3. The van der Waals surface area contributed by atoms with E-state index in [2.05, 4.69) is 0 Å². The van der Waals surface area contributed by atoms with Gasteiger partial charge in [0.15, 0.2) is 0 Å². The Kier molecular flexibility index (Phi) is 7.62. The Bertz CT molecular complexity index is 1480. The van der Waals surface area contributed by atoms with Gasteiger partial charge in [0.25, 0.3) is 0 Å². The minimum Gasteiger partial charge on any atom is -0.475 e. The zero-order valence-electron chi connectivity index (χ0n) is 17.8. The molecule has 13 heteroatoms. The van der Waals surface area contributed by atoms with Crippen LogP contribution in [0.1, 0.15) is 4.88 Å². The molecule has 35 heavy (non-hydrogen) atoms. The van der Waals surface area contributed by atoms with Gasteiger partial charge in [-0.2, -0.15) is 13.2 Å². The van der Waals surface area contributed by atoms with Crippen LogP contribution in [0.3, 0.4) is 0 Å². The topological polar surface area (TPSA) is 134 Å². The molecule has 0 unspecified atom stereocenters. The van der Waals surface area contributed by atoms with E-state index in [1.807, 2.05) is 30.3 Å². The maximum Gasteiger partial charge on any atom is 0.490 e. The van der Waals surface area contributed by atoms with Gasteiger partial charge in [0, 0.05) is 10.9 Å². The number of hydrogen-bond acceptors (Lipinski definition) is 7. The Morgan fingerprint density at radius 1 is 1.09 bits per heavy atom. The van der Waals surface area contributed by atoms with Crippen molar-refractivity contribution in [1.82, 2.24) is 0 Å². The van der Waals surface area contributed by atoms with Gasteiger partial charge >= 0.3 is 12.1 Å². The number of amidine groups is 1. The predicted octanol–water partition coefficient (Wildman–Crippen LogP) is 5.63. The Morgan fingerprint density at radius 2 is 1.69 bits per heavy atom. The third kappa shape index (κ3) is 5.69. The number of para-hydroxylation sites is 1. The van der Waals surface area contributed by atoms with Gasteiger partial charge in [0.1, 0.15) is 17.2 Å². The van der Waals surface area contributed by atoms with Gasteiger partial charge in [-0.05, 0) is 36.6 Å². The average molecular weight is 543 g/mol. The van der Waals surface area contributed by atoms with Gasteiger partial charge in [0.05, 0.1) is 18.9 Å². The second-order valence-corrected chi connectivity index (χ2v) is 10.8. The van der Waals surface area contributed by atoms with E-state index in [1.165, 1.54) is 29.2 Å². The van der Waals surface area contributed by atoms with Crippen LogP contribution in [0.25, 0.3) is 22.3 Å². The van der Waals surface area contributed by atoms with Gasteiger partial charge in [-0.1, -0.05) is 30.3 Å². The van der Waals surface area contributed by atoms with Crippen LogP contribution in [0.15, 0.2) is 79.1 Å². The minimum atomic E-state index is -5.08. The molecule has 4 N–H and O–H groups in total. The van der Waals surface area contributed by atoms with Crippen LogP contribution in [0.4, 0.5) is 13.2 Å². The van der Waals surface area contributed by atoms with Gasteiger partial charge in [-0.15, -0.1) is 23.1 Å². The lowest BCUT2D eigenvalue weighted by molar-refractivity contribution is -0.192. The largest absolute Gasteiger partial charge is 0.490 e. The molecule has 2 aromatic carbocycles. The molecule has 2 heterocycles. The quantitative estimate of drug-likeness (QED) is 0.169. The average Bonchev–Trinajstić information content (AvgIpc) is 3.44. The summed E-state index contributed by atoms with van der Waals surface area (Å²) in [6.07, 6.45) is -3.28. The standard InChI is InChI=1S/C20H16N2O3S3.C2HF3O2/c1-26-20-18(11-16(27-20)19(21)22)28(23,24)17-9-5-3-7-13(17)15-10-12-6-2-4-8-14(12)25-15;3-2(4,5)1(6)7/h2-11H,1H3,(H3,21,22);(H,6,7). The summed E-state index contributed by atoms with van der Waals surface area (Å²) in [7, 11) is -3.83. The van der Waals surface area contributed by atoms with Crippen molar-refractivity contribution in [3.63, 3.8) is 0 Å². The van der Waals surface area contributed by atoms with E-state index >= 15 is 0 Å². The van der Waals surface area contributed by atoms with Crippen molar-refractivity contribution in [2.45, 2.75) is 20.2 Å². The van der Waals surface area contributed by atoms with Crippen molar-refractivity contribution in [2.75, 3.05) is 6.26 Å². The van der Waals surface area contributed by atoms with Crippen molar-refractivity contribution >= 4 is 55.7 Å². The molecule has 7 nitrogen and oxygen atoms in total. The van der Waals surface area contributed by atoms with Crippen LogP contribution in [0.2, 0.25) is 0 Å². The summed E-state index contributed by atoms with van der Waals surface area (Å²) in [5.41, 5.74) is 6.77. The first-order valence-electron chi connectivity index (χ1n) is 9.51. The fourth-order valence-electron chi connectivity index (χ4n) is 2.96. The fraction of sp³-hybridized carbons (Fsp3) is 0.0909. The first kappa shape index (κ1) is 26.3. The molecular weight excluding hydrogens is 525 g/mol. The summed E-state index contributed by atoms with van der Waals surface area (Å²) in [5.74, 6) is -2.41. The summed E-state index contributed by atoms with van der Waals surface area (Å²) in [6, 6.07) is 17.7. The molecule has 0 atom stereocenters. The van der Waals surface area contributed by atoms with Crippen LogP contribution >= 0.6 is 23.1 Å². The third-order valence-electron chi connectivity index (χ3n) is 4.52. The molecule has 0 saturated heterocycles. The van der Waals surface area contributed by atoms with Gasteiger partial charge < -0.3 is 15.3 Å². The van der Waals surface area contributed by atoms with Crippen LogP contribution < -0.4 is 5.73 Å². The summed E-state index contributed by atoms with van der Waals surface area (Å²) < 4.78 is 65.2. The molecule has 0 radical (unpaired) electrons. The number of carboxylic acid groups (broad SMARTS) is 1. The second kappa shape index (κ2) is 10.1. The van der Waals surface area contributed by atoms with E-state index in [4.69, 9.17) is 25.5 Å². The van der Waals surface area contributed by atoms with E-state index in [-0.39, 0.29) is 15.6 Å². The highest BCUT2D eigenvalue weighted by atomic mass is 32.2. The lowest BCUT2D eigenvalue weighted by Gasteiger charge is -2.09. The number of rotatable bonds is 5. The number of fused-ring (bicyclic) bond motifs is 1. The zero-order chi connectivity index (χ0) is 26.0. The highest BCUT2D eigenvalue weighted by molar-refractivity contribution is 8.01. The number of thiophene rings is 1. The Labute approximate surface area is 205 Å². The van der Waals surface area contributed by atoms with Crippen LogP contribution in [-0.4, -0.2) is 37.8 Å². The number of nitrogen functional groups attached to an aromatic ring is 1. The lowest BCUT2D eigenvalue weighted by atomic mass is 10.1. The number of hydrogen-bond donors (Lipinski definition) is 3. The molecule has 0 spiro atoms.